The Kier molecular flexibility index (Phi) is 5.43. The molecule has 0 aliphatic carbocycles. The fourth-order valence-corrected chi connectivity index (χ4v) is 2.91. The quantitative estimate of drug-likeness (QED) is 0.740. The predicted molar refractivity (Wildman–Crippen MR) is 102 cm³/mol. The first-order valence-corrected chi connectivity index (χ1v) is 8.62. The second-order valence-electron chi connectivity index (χ2n) is 6.05. The van der Waals surface area contributed by atoms with E-state index in [9.17, 15) is 9.59 Å². The highest BCUT2D eigenvalue weighted by atomic mass is 16.2. The first kappa shape index (κ1) is 17.8. The summed E-state index contributed by atoms with van der Waals surface area (Å²) in [6.07, 6.45) is 0. The summed E-state index contributed by atoms with van der Waals surface area (Å²) in [5.41, 5.74) is 1.23. The van der Waals surface area contributed by atoms with Crippen LogP contribution >= 0.6 is 0 Å². The number of fused-ring (bicyclic) bond motifs is 1. The lowest BCUT2D eigenvalue weighted by Gasteiger charge is -2.21. The van der Waals surface area contributed by atoms with E-state index >= 15 is 0 Å². The van der Waals surface area contributed by atoms with Crippen LogP contribution < -0.4 is 10.9 Å². The minimum atomic E-state index is -0.305. The minimum Gasteiger partial charge on any atom is -0.354 e. The zero-order valence-corrected chi connectivity index (χ0v) is 15.0. The van der Waals surface area contributed by atoms with Crippen molar-refractivity contribution < 1.29 is 4.79 Å². The van der Waals surface area contributed by atoms with Crippen LogP contribution in [0.5, 0.6) is 0 Å². The van der Waals surface area contributed by atoms with Crippen molar-refractivity contribution in [3.8, 4) is 0 Å². The average molecular weight is 350 g/mol. The molecule has 0 fully saturated rings. The summed E-state index contributed by atoms with van der Waals surface area (Å²) in [5.74, 6) is -0.305. The fourth-order valence-electron chi connectivity index (χ4n) is 2.91. The molecule has 0 bridgehead atoms. The molecule has 1 aromatic heterocycles. The van der Waals surface area contributed by atoms with Gasteiger partial charge in [0.25, 0.3) is 11.5 Å². The van der Waals surface area contributed by atoms with E-state index in [0.717, 1.165) is 12.1 Å². The maximum absolute atomic E-state index is 12.8. The van der Waals surface area contributed by atoms with Gasteiger partial charge in [0, 0.05) is 19.0 Å². The number of amides is 1. The van der Waals surface area contributed by atoms with Gasteiger partial charge in [0.1, 0.15) is 0 Å². The van der Waals surface area contributed by atoms with Crippen LogP contribution in [0.3, 0.4) is 0 Å². The van der Waals surface area contributed by atoms with E-state index in [1.54, 1.807) is 31.3 Å². The molecule has 6 heteroatoms. The number of benzene rings is 2. The van der Waals surface area contributed by atoms with E-state index in [4.69, 9.17) is 0 Å². The van der Waals surface area contributed by atoms with Gasteiger partial charge < -0.3 is 5.32 Å². The number of carbonyl (C=O) groups excluding carboxylic acids is 1. The van der Waals surface area contributed by atoms with Crippen LogP contribution in [0.15, 0.2) is 59.4 Å². The Labute approximate surface area is 152 Å². The summed E-state index contributed by atoms with van der Waals surface area (Å²) in [7, 11) is 1.56. The second kappa shape index (κ2) is 7.93. The largest absolute Gasteiger partial charge is 0.354 e. The number of aromatic nitrogens is 2. The molecule has 134 valence electrons. The third-order valence-electron chi connectivity index (χ3n) is 4.34. The summed E-state index contributed by atoms with van der Waals surface area (Å²) in [5, 5.41) is 8.01. The van der Waals surface area contributed by atoms with E-state index in [-0.39, 0.29) is 17.2 Å². The van der Waals surface area contributed by atoms with Gasteiger partial charge in [-0.15, -0.1) is 0 Å². The van der Waals surface area contributed by atoms with E-state index in [0.29, 0.717) is 24.0 Å². The zero-order chi connectivity index (χ0) is 18.5. The van der Waals surface area contributed by atoms with E-state index in [2.05, 4.69) is 27.4 Å². The maximum atomic E-state index is 12.8. The van der Waals surface area contributed by atoms with Crippen molar-refractivity contribution in [3.05, 3.63) is 76.2 Å². The van der Waals surface area contributed by atoms with Crippen LogP contribution in [0.1, 0.15) is 23.0 Å². The van der Waals surface area contributed by atoms with Gasteiger partial charge in [0.2, 0.25) is 0 Å². The van der Waals surface area contributed by atoms with Crippen LogP contribution in [0.2, 0.25) is 0 Å². The molecule has 26 heavy (non-hydrogen) atoms. The summed E-state index contributed by atoms with van der Waals surface area (Å²) in [6.45, 7) is 3.81. The Morgan fingerprint density at radius 2 is 1.73 bits per heavy atom. The number of hydrogen-bond acceptors (Lipinski definition) is 4. The van der Waals surface area contributed by atoms with Crippen LogP contribution in [0.25, 0.3) is 10.8 Å². The number of nitrogens with one attached hydrogen (secondary N) is 1. The second-order valence-corrected chi connectivity index (χ2v) is 6.05. The predicted octanol–water partition coefficient (Wildman–Crippen LogP) is 2.24. The van der Waals surface area contributed by atoms with Gasteiger partial charge >= 0.3 is 0 Å². The van der Waals surface area contributed by atoms with E-state index in [1.165, 1.54) is 4.68 Å². The molecule has 0 saturated heterocycles. The van der Waals surface area contributed by atoms with Gasteiger partial charge in [-0.3, -0.25) is 14.5 Å². The number of carbonyl (C=O) groups is 1. The topological polar surface area (TPSA) is 67.2 Å². The van der Waals surface area contributed by atoms with Crippen molar-refractivity contribution in [2.45, 2.75) is 20.1 Å². The molecule has 1 N–H and O–H groups in total. The smallest absolute Gasteiger partial charge is 0.275 e. The SMILES string of the molecule is CCN(Cc1ccccc1)Cn1nc(C(=O)NC)c2ccccc2c1=O. The lowest BCUT2D eigenvalue weighted by atomic mass is 10.1. The molecule has 0 unspecified atom stereocenters. The van der Waals surface area contributed by atoms with Gasteiger partial charge in [-0.2, -0.15) is 5.10 Å². The molecule has 3 rings (SSSR count). The Balaban J connectivity index is 2.00. The molecular weight excluding hydrogens is 328 g/mol. The molecule has 6 nitrogen and oxygen atoms in total. The number of nitrogens with zero attached hydrogens (tertiary/aromatic N) is 3. The summed E-state index contributed by atoms with van der Waals surface area (Å²) >= 11 is 0. The standard InChI is InChI=1S/C20H22N4O2/c1-3-23(13-15-9-5-4-6-10-15)14-24-20(26)17-12-8-7-11-16(17)18(22-24)19(25)21-2/h4-12H,3,13-14H2,1-2H3,(H,21,25). The highest BCUT2D eigenvalue weighted by Crippen LogP contribution is 2.13. The molecule has 0 radical (unpaired) electrons. The summed E-state index contributed by atoms with van der Waals surface area (Å²) in [4.78, 5) is 27.2. The fraction of sp³-hybridized carbons (Fsp3) is 0.250. The number of rotatable bonds is 6. The monoisotopic (exact) mass is 350 g/mol. The molecular formula is C20H22N4O2. The van der Waals surface area contributed by atoms with Gasteiger partial charge in [-0.25, -0.2) is 4.68 Å². The third-order valence-corrected chi connectivity index (χ3v) is 4.34. The Bertz CT molecular complexity index is 966. The van der Waals surface area contributed by atoms with Crippen molar-refractivity contribution >= 4 is 16.7 Å². The van der Waals surface area contributed by atoms with E-state index < -0.39 is 0 Å². The third kappa shape index (κ3) is 3.65. The van der Waals surface area contributed by atoms with Crippen molar-refractivity contribution in [1.29, 1.82) is 0 Å². The van der Waals surface area contributed by atoms with Gasteiger partial charge in [-0.05, 0) is 18.2 Å². The lowest BCUT2D eigenvalue weighted by Crippen LogP contribution is -2.35. The zero-order valence-electron chi connectivity index (χ0n) is 15.0. The first-order valence-electron chi connectivity index (χ1n) is 8.62. The molecule has 0 saturated carbocycles. The molecule has 0 spiro atoms. The highest BCUT2D eigenvalue weighted by molar-refractivity contribution is 6.04. The highest BCUT2D eigenvalue weighted by Gasteiger charge is 2.16. The average Bonchev–Trinajstić information content (AvgIpc) is 2.69. The summed E-state index contributed by atoms with van der Waals surface area (Å²) in [6, 6.07) is 17.1. The minimum absolute atomic E-state index is 0.195. The van der Waals surface area contributed by atoms with Crippen LogP contribution in [0.4, 0.5) is 0 Å². The first-order chi connectivity index (χ1) is 12.6. The maximum Gasteiger partial charge on any atom is 0.275 e. The molecule has 0 aliphatic rings. The summed E-state index contributed by atoms with van der Waals surface area (Å²) < 4.78 is 1.37. The lowest BCUT2D eigenvalue weighted by molar-refractivity contribution is 0.0955. The van der Waals surface area contributed by atoms with Crippen molar-refractivity contribution in [3.63, 3.8) is 0 Å². The molecule has 0 atom stereocenters. The van der Waals surface area contributed by atoms with Gasteiger partial charge in [-0.1, -0.05) is 55.5 Å². The van der Waals surface area contributed by atoms with Crippen LogP contribution in [0, 0.1) is 0 Å². The van der Waals surface area contributed by atoms with Crippen molar-refractivity contribution in [2.75, 3.05) is 13.6 Å². The molecule has 3 aromatic rings. The molecule has 0 aliphatic heterocycles. The molecule has 1 heterocycles. The van der Waals surface area contributed by atoms with Gasteiger partial charge in [0.15, 0.2) is 5.69 Å². The van der Waals surface area contributed by atoms with Crippen LogP contribution in [-0.2, 0) is 13.2 Å². The Hall–Kier alpha value is -2.99. The Morgan fingerprint density at radius 1 is 1.08 bits per heavy atom. The van der Waals surface area contributed by atoms with Gasteiger partial charge in [0.05, 0.1) is 12.1 Å². The van der Waals surface area contributed by atoms with Crippen molar-refractivity contribution in [2.24, 2.45) is 0 Å². The molecule has 2 aromatic carbocycles. The van der Waals surface area contributed by atoms with Crippen LogP contribution in [-0.4, -0.2) is 34.2 Å². The number of hydrogen-bond donors (Lipinski definition) is 1. The Morgan fingerprint density at radius 3 is 2.38 bits per heavy atom. The van der Waals surface area contributed by atoms with E-state index in [1.807, 2.05) is 25.1 Å². The normalized spacial score (nSPS) is 11.0. The molecule has 1 amide bonds. The van der Waals surface area contributed by atoms with Crippen molar-refractivity contribution in [1.82, 2.24) is 20.0 Å².